The molecule has 1 N–H and O–H groups in total. The largest absolute Gasteiger partial charge is 0.342 e. The van der Waals surface area contributed by atoms with Gasteiger partial charge in [-0.1, -0.05) is 56.0 Å². The van der Waals surface area contributed by atoms with Gasteiger partial charge in [0.2, 0.25) is 0 Å². The zero-order valence-electron chi connectivity index (χ0n) is 17.4. The van der Waals surface area contributed by atoms with E-state index >= 15 is 0 Å². The highest BCUT2D eigenvalue weighted by Crippen LogP contribution is 2.50. The summed E-state index contributed by atoms with van der Waals surface area (Å²) < 4.78 is 2.47. The Bertz CT molecular complexity index is 1040. The Morgan fingerprint density at radius 2 is 2.00 bits per heavy atom. The van der Waals surface area contributed by atoms with Gasteiger partial charge >= 0.3 is 6.03 Å². The fourth-order valence-corrected chi connectivity index (χ4v) is 5.26. The van der Waals surface area contributed by atoms with Crippen LogP contribution in [0.5, 0.6) is 0 Å². The lowest BCUT2D eigenvalue weighted by Gasteiger charge is -2.36. The molecule has 1 aromatic rings. The lowest BCUT2D eigenvalue weighted by Crippen LogP contribution is -2.43. The van der Waals surface area contributed by atoms with Crippen molar-refractivity contribution in [1.82, 2.24) is 14.8 Å². The molecule has 5 heteroatoms. The Hall–Kier alpha value is -2.79. The minimum absolute atomic E-state index is 0.0328. The summed E-state index contributed by atoms with van der Waals surface area (Å²) in [6.45, 7) is 8.45. The Kier molecular flexibility index (Phi) is 4.00. The van der Waals surface area contributed by atoms with Gasteiger partial charge < -0.3 is 9.88 Å². The molecule has 2 unspecified atom stereocenters. The van der Waals surface area contributed by atoms with E-state index in [0.29, 0.717) is 0 Å². The van der Waals surface area contributed by atoms with Crippen molar-refractivity contribution in [3.05, 3.63) is 71.6 Å². The van der Waals surface area contributed by atoms with E-state index in [2.05, 4.69) is 65.9 Å². The molecule has 0 bridgehead atoms. The van der Waals surface area contributed by atoms with Gasteiger partial charge in [-0.3, -0.25) is 9.80 Å². The quantitative estimate of drug-likeness (QED) is 0.822. The molecule has 0 fully saturated rings. The van der Waals surface area contributed by atoms with E-state index in [4.69, 9.17) is 0 Å². The highest BCUT2D eigenvalue weighted by molar-refractivity contribution is 6.05. The normalized spacial score (nSPS) is 28.1. The third-order valence-electron chi connectivity index (χ3n) is 6.80. The van der Waals surface area contributed by atoms with Gasteiger partial charge in [0.1, 0.15) is 0 Å². The average Bonchev–Trinajstić information content (AvgIpc) is 3.37. The summed E-state index contributed by atoms with van der Waals surface area (Å²) in [5, 5.41) is 3.72. The average molecular weight is 389 g/mol. The highest BCUT2D eigenvalue weighted by atomic mass is 16.2. The van der Waals surface area contributed by atoms with Crippen molar-refractivity contribution < 1.29 is 4.79 Å². The number of carbonyl (C=O) groups excluding carboxylic acids is 1. The lowest BCUT2D eigenvalue weighted by atomic mass is 9.78. The predicted octanol–water partition coefficient (Wildman–Crippen LogP) is 4.26. The molecular formula is C24H28N4O. The van der Waals surface area contributed by atoms with Gasteiger partial charge in [-0.25, -0.2) is 4.79 Å². The van der Waals surface area contributed by atoms with E-state index in [9.17, 15) is 4.79 Å². The van der Waals surface area contributed by atoms with Gasteiger partial charge in [0.15, 0.2) is 0 Å². The third-order valence-corrected chi connectivity index (χ3v) is 6.80. The summed E-state index contributed by atoms with van der Waals surface area (Å²) in [5.74, 6) is 0. The molecule has 5 rings (SSSR count). The Labute approximate surface area is 172 Å². The fourth-order valence-electron chi connectivity index (χ4n) is 5.26. The van der Waals surface area contributed by atoms with Crippen molar-refractivity contribution in [3.63, 3.8) is 0 Å². The topological polar surface area (TPSA) is 40.5 Å². The molecule has 3 heterocycles. The molecule has 29 heavy (non-hydrogen) atoms. The fraction of sp³-hybridized carbons (Fsp3) is 0.375. The summed E-state index contributed by atoms with van der Waals surface area (Å²) in [5.41, 5.74) is 6.62. The molecule has 2 atom stereocenters. The van der Waals surface area contributed by atoms with Crippen LogP contribution in [-0.4, -0.2) is 36.1 Å². The first-order valence-corrected chi connectivity index (χ1v) is 10.3. The first-order valence-electron chi connectivity index (χ1n) is 10.3. The number of hydrogen-bond donors (Lipinski definition) is 1. The second-order valence-electron chi connectivity index (χ2n) is 8.63. The summed E-state index contributed by atoms with van der Waals surface area (Å²) in [6.07, 6.45) is 17.2. The van der Waals surface area contributed by atoms with E-state index in [1.165, 1.54) is 17.0 Å². The monoisotopic (exact) mass is 388 g/mol. The molecule has 0 saturated carbocycles. The van der Waals surface area contributed by atoms with Crippen LogP contribution in [-0.2, 0) is 12.0 Å². The number of fused-ring (bicyclic) bond motifs is 3. The van der Waals surface area contributed by atoms with E-state index in [0.717, 1.165) is 42.9 Å². The van der Waals surface area contributed by atoms with Gasteiger partial charge in [-0.05, 0) is 18.4 Å². The van der Waals surface area contributed by atoms with Gasteiger partial charge in [0.25, 0.3) is 0 Å². The number of anilines is 1. The van der Waals surface area contributed by atoms with Crippen LogP contribution in [0.3, 0.4) is 0 Å². The van der Waals surface area contributed by atoms with Gasteiger partial charge in [0.05, 0.1) is 17.4 Å². The number of amides is 2. The first kappa shape index (κ1) is 18.3. The number of nitrogens with zero attached hydrogens (tertiary/aromatic N) is 3. The minimum Gasteiger partial charge on any atom is -0.342 e. The number of carbonyl (C=O) groups is 1. The zero-order chi connectivity index (χ0) is 20.3. The smallest absolute Gasteiger partial charge is 0.328 e. The van der Waals surface area contributed by atoms with E-state index in [1.807, 2.05) is 19.0 Å². The Balaban J connectivity index is 1.81. The maximum atomic E-state index is 13.0. The van der Waals surface area contributed by atoms with Crippen LogP contribution in [0.4, 0.5) is 10.5 Å². The first-order chi connectivity index (χ1) is 13.9. The van der Waals surface area contributed by atoms with Gasteiger partial charge in [-0.15, -0.1) is 0 Å². The second kappa shape index (κ2) is 6.36. The molecule has 2 amide bonds. The highest BCUT2D eigenvalue weighted by Gasteiger charge is 2.44. The second-order valence-corrected chi connectivity index (χ2v) is 8.63. The minimum atomic E-state index is -0.133. The molecule has 0 radical (unpaired) electrons. The summed E-state index contributed by atoms with van der Waals surface area (Å²) in [4.78, 5) is 16.5. The molecule has 0 aromatic carbocycles. The summed E-state index contributed by atoms with van der Waals surface area (Å²) in [6, 6.07) is 0.0777. The Morgan fingerprint density at radius 1 is 1.17 bits per heavy atom. The van der Waals surface area contributed by atoms with Crippen LogP contribution in [0, 0.1) is 0 Å². The molecule has 2 aliphatic heterocycles. The van der Waals surface area contributed by atoms with Crippen molar-refractivity contribution in [2.45, 2.75) is 37.8 Å². The molecule has 0 spiro atoms. The molecule has 1 aromatic heterocycles. The molecule has 2 aliphatic carbocycles. The number of urea groups is 1. The van der Waals surface area contributed by atoms with E-state index in [-0.39, 0.29) is 17.5 Å². The molecule has 150 valence electrons. The van der Waals surface area contributed by atoms with Crippen molar-refractivity contribution in [3.8, 4) is 0 Å². The maximum absolute atomic E-state index is 13.0. The van der Waals surface area contributed by atoms with Crippen molar-refractivity contribution in [1.29, 1.82) is 0 Å². The van der Waals surface area contributed by atoms with Crippen molar-refractivity contribution in [2.75, 3.05) is 25.5 Å². The third kappa shape index (κ3) is 2.47. The van der Waals surface area contributed by atoms with Gasteiger partial charge in [-0.2, -0.15) is 0 Å². The number of hydrogen-bond acceptors (Lipinski definition) is 2. The maximum Gasteiger partial charge on any atom is 0.328 e. The van der Waals surface area contributed by atoms with Gasteiger partial charge in [0, 0.05) is 49.6 Å². The van der Waals surface area contributed by atoms with Crippen molar-refractivity contribution >= 4 is 17.4 Å². The van der Waals surface area contributed by atoms with Crippen molar-refractivity contribution in [2.24, 2.45) is 0 Å². The van der Waals surface area contributed by atoms with E-state index < -0.39 is 0 Å². The predicted molar refractivity (Wildman–Crippen MR) is 118 cm³/mol. The van der Waals surface area contributed by atoms with Crippen LogP contribution >= 0.6 is 0 Å². The number of rotatable bonds is 2. The SMILES string of the molecule is C=C1c2c(c3n(c2C2(C)C=CC=CC2)CCNC3C2=CC=CC2)N(C)C(=O)N1C. The van der Waals surface area contributed by atoms with Crippen LogP contribution in [0.25, 0.3) is 5.70 Å². The molecule has 0 saturated heterocycles. The Morgan fingerprint density at radius 3 is 2.69 bits per heavy atom. The molecule has 4 aliphatic rings. The van der Waals surface area contributed by atoms with E-state index in [1.54, 1.807) is 4.90 Å². The number of nitrogens with one attached hydrogen (secondary N) is 1. The zero-order valence-corrected chi connectivity index (χ0v) is 17.4. The van der Waals surface area contributed by atoms with Crippen LogP contribution in [0.2, 0.25) is 0 Å². The summed E-state index contributed by atoms with van der Waals surface area (Å²) in [7, 11) is 3.71. The van der Waals surface area contributed by atoms with Crippen LogP contribution in [0.15, 0.2) is 54.7 Å². The molecule has 5 nitrogen and oxygen atoms in total. The number of aromatic nitrogens is 1. The lowest BCUT2D eigenvalue weighted by molar-refractivity contribution is 0.231. The summed E-state index contributed by atoms with van der Waals surface area (Å²) >= 11 is 0. The standard InChI is InChI=1S/C24H28N4O/c1-16-18-20(27(4)23(29)26(16)3)21-19(17-10-6-7-11-17)25-14-15-28(21)22(18)24(2)12-8-5-9-13-24/h5-10,12,19,25H,1,11,13-15H2,2-4H3. The van der Waals surface area contributed by atoms with Crippen LogP contribution < -0.4 is 10.2 Å². The number of allylic oxidation sites excluding steroid dienone is 7. The molecular weight excluding hydrogens is 360 g/mol. The van der Waals surface area contributed by atoms with Crippen LogP contribution in [0.1, 0.15) is 42.8 Å².